The number of rotatable bonds is 1. The Morgan fingerprint density at radius 1 is 1.89 bits per heavy atom. The molecule has 1 amide bonds. The largest absolute Gasteiger partial charge is 0.345 e. The minimum atomic E-state index is 0.227. The third kappa shape index (κ3) is 1.21. The lowest BCUT2D eigenvalue weighted by molar-refractivity contribution is -0.126. The van der Waals surface area contributed by atoms with Gasteiger partial charge in [-0.15, -0.1) is 0 Å². The maximum absolute atomic E-state index is 10.8. The second-order valence-corrected chi connectivity index (χ2v) is 2.58. The summed E-state index contributed by atoms with van der Waals surface area (Å²) in [6.07, 6.45) is 0.646. The predicted molar refractivity (Wildman–Crippen MR) is 34.8 cm³/mol. The van der Waals surface area contributed by atoms with Crippen molar-refractivity contribution in [2.45, 2.75) is 6.42 Å². The van der Waals surface area contributed by atoms with Gasteiger partial charge < -0.3 is 10.6 Å². The molecule has 0 unspecified atom stereocenters. The molecule has 0 aliphatic carbocycles. The molecule has 0 spiro atoms. The molecular weight excluding hydrogens is 116 g/mol. The van der Waals surface area contributed by atoms with Crippen LogP contribution in [0.3, 0.4) is 0 Å². The molecule has 0 aromatic carbocycles. The van der Waals surface area contributed by atoms with Crippen molar-refractivity contribution in [1.82, 2.24) is 4.90 Å². The van der Waals surface area contributed by atoms with Gasteiger partial charge in [-0.3, -0.25) is 4.79 Å². The molecule has 0 saturated carbocycles. The molecule has 52 valence electrons. The summed E-state index contributed by atoms with van der Waals surface area (Å²) in [5, 5.41) is 0. The van der Waals surface area contributed by atoms with E-state index in [0.29, 0.717) is 18.9 Å². The summed E-state index contributed by atoms with van der Waals surface area (Å²) in [5.74, 6) is 0.632. The van der Waals surface area contributed by atoms with Crippen LogP contribution in [0.15, 0.2) is 0 Å². The van der Waals surface area contributed by atoms with Crippen LogP contribution < -0.4 is 5.73 Å². The molecule has 1 fully saturated rings. The fourth-order valence-electron chi connectivity index (χ4n) is 1.11. The third-order valence-electron chi connectivity index (χ3n) is 1.75. The summed E-state index contributed by atoms with van der Waals surface area (Å²) in [6.45, 7) is 1.48. The van der Waals surface area contributed by atoms with Gasteiger partial charge in [0.1, 0.15) is 0 Å². The molecule has 0 aromatic rings. The van der Waals surface area contributed by atoms with Crippen molar-refractivity contribution >= 4 is 5.91 Å². The first kappa shape index (κ1) is 6.55. The first-order valence-corrected chi connectivity index (χ1v) is 3.18. The smallest absolute Gasteiger partial charge is 0.222 e. The molecule has 3 nitrogen and oxygen atoms in total. The van der Waals surface area contributed by atoms with Gasteiger partial charge in [0.05, 0.1) is 0 Å². The molecule has 0 bridgehead atoms. The van der Waals surface area contributed by atoms with Gasteiger partial charge in [0.15, 0.2) is 0 Å². The molecule has 1 saturated heterocycles. The Kier molecular flexibility index (Phi) is 1.71. The average Bonchev–Trinajstić information content (AvgIpc) is 2.13. The number of hydrogen-bond donors (Lipinski definition) is 1. The standard InChI is InChI=1S/C6H12N2O/c1-8-4-5(3-7)2-6(8)9/h5H,2-4,7H2,1H3/t5-/m1/s1. The van der Waals surface area contributed by atoms with Gasteiger partial charge in [-0.05, 0) is 12.5 Å². The van der Waals surface area contributed by atoms with Crippen molar-refractivity contribution in [1.29, 1.82) is 0 Å². The monoisotopic (exact) mass is 128 g/mol. The Labute approximate surface area is 54.8 Å². The van der Waals surface area contributed by atoms with Gasteiger partial charge in [-0.25, -0.2) is 0 Å². The summed E-state index contributed by atoms with van der Waals surface area (Å²) in [6, 6.07) is 0. The Morgan fingerprint density at radius 2 is 2.56 bits per heavy atom. The van der Waals surface area contributed by atoms with Crippen molar-refractivity contribution in [3.63, 3.8) is 0 Å². The van der Waals surface area contributed by atoms with E-state index in [4.69, 9.17) is 5.73 Å². The number of likely N-dealkylation sites (tertiary alicyclic amines) is 1. The molecule has 0 radical (unpaired) electrons. The van der Waals surface area contributed by atoms with Crippen LogP contribution in [0.5, 0.6) is 0 Å². The number of carbonyl (C=O) groups excluding carboxylic acids is 1. The highest BCUT2D eigenvalue weighted by atomic mass is 16.2. The van der Waals surface area contributed by atoms with Crippen LogP contribution in [0.1, 0.15) is 6.42 Å². The first-order valence-electron chi connectivity index (χ1n) is 3.18. The summed E-state index contributed by atoms with van der Waals surface area (Å²) in [5.41, 5.74) is 5.38. The number of hydrogen-bond acceptors (Lipinski definition) is 2. The molecule has 1 heterocycles. The SMILES string of the molecule is CN1C[C@@H](CN)CC1=O. The van der Waals surface area contributed by atoms with Crippen molar-refractivity contribution in [3.8, 4) is 0 Å². The Bertz CT molecular complexity index is 124. The highest BCUT2D eigenvalue weighted by Gasteiger charge is 2.24. The Hall–Kier alpha value is -0.570. The van der Waals surface area contributed by atoms with E-state index in [0.717, 1.165) is 6.54 Å². The number of amides is 1. The molecule has 9 heavy (non-hydrogen) atoms. The predicted octanol–water partition coefficient (Wildman–Crippen LogP) is -0.577. The molecule has 1 atom stereocenters. The van der Waals surface area contributed by atoms with Gasteiger partial charge in [0.25, 0.3) is 0 Å². The van der Waals surface area contributed by atoms with Crippen LogP contribution in [-0.4, -0.2) is 30.9 Å². The zero-order valence-electron chi connectivity index (χ0n) is 5.63. The van der Waals surface area contributed by atoms with Crippen LogP contribution in [0, 0.1) is 5.92 Å². The molecule has 3 heteroatoms. The van der Waals surface area contributed by atoms with Crippen molar-refractivity contribution < 1.29 is 4.79 Å². The fraction of sp³-hybridized carbons (Fsp3) is 0.833. The van der Waals surface area contributed by atoms with Crippen LogP contribution >= 0.6 is 0 Å². The van der Waals surface area contributed by atoms with E-state index in [2.05, 4.69) is 0 Å². The van der Waals surface area contributed by atoms with Crippen LogP contribution in [-0.2, 0) is 4.79 Å². The number of nitrogens with two attached hydrogens (primary N) is 1. The maximum Gasteiger partial charge on any atom is 0.222 e. The second kappa shape index (κ2) is 2.35. The highest BCUT2D eigenvalue weighted by Crippen LogP contribution is 2.13. The molecular formula is C6H12N2O. The topological polar surface area (TPSA) is 46.3 Å². The van der Waals surface area contributed by atoms with E-state index in [9.17, 15) is 4.79 Å². The molecule has 1 rings (SSSR count). The highest BCUT2D eigenvalue weighted by molar-refractivity contribution is 5.78. The van der Waals surface area contributed by atoms with Gasteiger partial charge in [0.2, 0.25) is 5.91 Å². The Balaban J connectivity index is 2.44. The minimum Gasteiger partial charge on any atom is -0.345 e. The molecule has 1 aliphatic heterocycles. The lowest BCUT2D eigenvalue weighted by atomic mass is 10.1. The quantitative estimate of drug-likeness (QED) is 0.513. The summed E-state index contributed by atoms with van der Waals surface area (Å²) in [4.78, 5) is 12.5. The zero-order valence-corrected chi connectivity index (χ0v) is 5.63. The van der Waals surface area contributed by atoms with Crippen molar-refractivity contribution in [3.05, 3.63) is 0 Å². The van der Waals surface area contributed by atoms with E-state index in [1.807, 2.05) is 7.05 Å². The molecule has 2 N–H and O–H groups in total. The molecule has 1 aliphatic rings. The van der Waals surface area contributed by atoms with Gasteiger partial charge >= 0.3 is 0 Å². The van der Waals surface area contributed by atoms with Crippen molar-refractivity contribution in [2.24, 2.45) is 11.7 Å². The van der Waals surface area contributed by atoms with E-state index in [1.165, 1.54) is 0 Å². The zero-order chi connectivity index (χ0) is 6.85. The first-order chi connectivity index (χ1) is 4.24. The van der Waals surface area contributed by atoms with E-state index >= 15 is 0 Å². The summed E-state index contributed by atoms with van der Waals surface area (Å²) in [7, 11) is 1.82. The fourth-order valence-corrected chi connectivity index (χ4v) is 1.11. The second-order valence-electron chi connectivity index (χ2n) is 2.58. The minimum absolute atomic E-state index is 0.227. The van der Waals surface area contributed by atoms with Crippen LogP contribution in [0.2, 0.25) is 0 Å². The molecule has 0 aromatic heterocycles. The van der Waals surface area contributed by atoms with Gasteiger partial charge in [0, 0.05) is 20.0 Å². The lowest BCUT2D eigenvalue weighted by Gasteiger charge is -2.06. The lowest BCUT2D eigenvalue weighted by Crippen LogP contribution is -2.21. The van der Waals surface area contributed by atoms with Crippen LogP contribution in [0.25, 0.3) is 0 Å². The third-order valence-corrected chi connectivity index (χ3v) is 1.75. The van der Waals surface area contributed by atoms with E-state index in [1.54, 1.807) is 4.90 Å². The number of nitrogens with zero attached hydrogens (tertiary/aromatic N) is 1. The van der Waals surface area contributed by atoms with E-state index in [-0.39, 0.29) is 5.91 Å². The van der Waals surface area contributed by atoms with E-state index < -0.39 is 0 Å². The summed E-state index contributed by atoms with van der Waals surface area (Å²) >= 11 is 0. The summed E-state index contributed by atoms with van der Waals surface area (Å²) < 4.78 is 0. The normalized spacial score (nSPS) is 27.6. The average molecular weight is 128 g/mol. The van der Waals surface area contributed by atoms with Crippen LogP contribution in [0.4, 0.5) is 0 Å². The van der Waals surface area contributed by atoms with Crippen molar-refractivity contribution in [2.75, 3.05) is 20.1 Å². The van der Waals surface area contributed by atoms with Gasteiger partial charge in [-0.1, -0.05) is 0 Å². The number of carbonyl (C=O) groups is 1. The maximum atomic E-state index is 10.8. The van der Waals surface area contributed by atoms with Gasteiger partial charge in [-0.2, -0.15) is 0 Å². The Morgan fingerprint density at radius 3 is 2.78 bits per heavy atom.